The Balaban J connectivity index is 1.82. The Labute approximate surface area is 101 Å². The van der Waals surface area contributed by atoms with Crippen molar-refractivity contribution in [3.8, 4) is 0 Å². The third-order valence-corrected chi connectivity index (χ3v) is 3.17. The molecule has 1 N–H and O–H groups in total. The first-order chi connectivity index (χ1) is 8.20. The Morgan fingerprint density at radius 2 is 2.35 bits per heavy atom. The van der Waals surface area contributed by atoms with Crippen molar-refractivity contribution in [3.63, 3.8) is 0 Å². The van der Waals surface area contributed by atoms with E-state index in [4.69, 9.17) is 0 Å². The van der Waals surface area contributed by atoms with Crippen LogP contribution in [-0.4, -0.2) is 11.9 Å². The predicted octanol–water partition coefficient (Wildman–Crippen LogP) is 2.99. The molecular weight excluding hydrogens is 217 g/mol. The molecule has 92 valence electrons. The Bertz CT molecular complexity index is 405. The molecule has 1 aromatic carbocycles. The number of halogens is 1. The normalized spacial score (nSPS) is 22.2. The van der Waals surface area contributed by atoms with E-state index in [2.05, 4.69) is 12.2 Å². The highest BCUT2D eigenvalue weighted by molar-refractivity contribution is 5.76. The van der Waals surface area contributed by atoms with Gasteiger partial charge in [0.15, 0.2) is 0 Å². The van der Waals surface area contributed by atoms with Crippen LogP contribution in [0.3, 0.4) is 0 Å². The van der Waals surface area contributed by atoms with Gasteiger partial charge in [-0.15, -0.1) is 0 Å². The molecule has 2 nitrogen and oxygen atoms in total. The summed E-state index contributed by atoms with van der Waals surface area (Å²) < 4.78 is 13.0. The number of amides is 1. The maximum absolute atomic E-state index is 13.0. The molecule has 0 aromatic heterocycles. The highest BCUT2D eigenvalue weighted by Gasteiger charge is 2.39. The molecule has 0 aliphatic heterocycles. The zero-order valence-corrected chi connectivity index (χ0v) is 10.1. The van der Waals surface area contributed by atoms with Crippen molar-refractivity contribution >= 4 is 5.91 Å². The van der Waals surface area contributed by atoms with Gasteiger partial charge in [0.1, 0.15) is 5.82 Å². The standard InChI is InChI=1S/C14H18FNO/c1-2-3-7-14(17)16-13-9-12(13)10-5-4-6-11(15)8-10/h4-6,8,12-13H,2-3,7,9H2,1H3,(H,16,17). The quantitative estimate of drug-likeness (QED) is 0.835. The van der Waals surface area contributed by atoms with Gasteiger partial charge in [0.05, 0.1) is 0 Å². The molecule has 3 heteroatoms. The van der Waals surface area contributed by atoms with E-state index in [1.165, 1.54) is 6.07 Å². The molecule has 1 saturated carbocycles. The smallest absolute Gasteiger partial charge is 0.220 e. The topological polar surface area (TPSA) is 29.1 Å². The number of carbonyl (C=O) groups is 1. The van der Waals surface area contributed by atoms with E-state index in [0.29, 0.717) is 12.3 Å². The third-order valence-electron chi connectivity index (χ3n) is 3.17. The number of benzene rings is 1. The Hall–Kier alpha value is -1.38. The first kappa shape index (κ1) is 12.1. The van der Waals surface area contributed by atoms with Gasteiger partial charge in [-0.25, -0.2) is 4.39 Å². The van der Waals surface area contributed by atoms with Crippen LogP contribution in [0.1, 0.15) is 44.1 Å². The largest absolute Gasteiger partial charge is 0.353 e. The molecular formula is C14H18FNO. The van der Waals surface area contributed by atoms with Gasteiger partial charge in [-0.2, -0.15) is 0 Å². The van der Waals surface area contributed by atoms with Gasteiger partial charge in [-0.1, -0.05) is 25.5 Å². The van der Waals surface area contributed by atoms with Crippen molar-refractivity contribution in [2.75, 3.05) is 0 Å². The molecule has 0 radical (unpaired) electrons. The van der Waals surface area contributed by atoms with Crippen LogP contribution in [0.4, 0.5) is 4.39 Å². The second-order valence-corrected chi connectivity index (χ2v) is 4.67. The molecule has 0 saturated heterocycles. The zero-order valence-electron chi connectivity index (χ0n) is 10.1. The molecule has 2 unspecified atom stereocenters. The van der Waals surface area contributed by atoms with E-state index in [0.717, 1.165) is 24.8 Å². The lowest BCUT2D eigenvalue weighted by Gasteiger charge is -2.04. The number of nitrogens with one attached hydrogen (secondary N) is 1. The van der Waals surface area contributed by atoms with E-state index in [9.17, 15) is 9.18 Å². The van der Waals surface area contributed by atoms with E-state index in [-0.39, 0.29) is 17.8 Å². The molecule has 1 amide bonds. The SMILES string of the molecule is CCCCC(=O)NC1CC1c1cccc(F)c1. The summed E-state index contributed by atoms with van der Waals surface area (Å²) in [5.41, 5.74) is 0.991. The lowest BCUT2D eigenvalue weighted by Crippen LogP contribution is -2.26. The van der Waals surface area contributed by atoms with Crippen molar-refractivity contribution in [1.29, 1.82) is 0 Å². The Morgan fingerprint density at radius 3 is 3.06 bits per heavy atom. The summed E-state index contributed by atoms with van der Waals surface area (Å²) in [5.74, 6) is 0.220. The van der Waals surface area contributed by atoms with Gasteiger partial charge < -0.3 is 5.32 Å². The number of unbranched alkanes of at least 4 members (excludes halogenated alkanes) is 1. The summed E-state index contributed by atoms with van der Waals surface area (Å²) in [6.45, 7) is 2.07. The number of hydrogen-bond acceptors (Lipinski definition) is 1. The molecule has 0 bridgehead atoms. The average molecular weight is 235 g/mol. The monoisotopic (exact) mass is 235 g/mol. The molecule has 1 aliphatic rings. The van der Waals surface area contributed by atoms with E-state index in [1.807, 2.05) is 6.07 Å². The molecule has 17 heavy (non-hydrogen) atoms. The lowest BCUT2D eigenvalue weighted by molar-refractivity contribution is -0.121. The molecule has 0 spiro atoms. The van der Waals surface area contributed by atoms with Gasteiger partial charge in [-0.05, 0) is 30.5 Å². The minimum Gasteiger partial charge on any atom is -0.353 e. The van der Waals surface area contributed by atoms with Crippen LogP contribution in [-0.2, 0) is 4.79 Å². The number of hydrogen-bond donors (Lipinski definition) is 1. The first-order valence-corrected chi connectivity index (χ1v) is 6.25. The summed E-state index contributed by atoms with van der Waals surface area (Å²) in [6.07, 6.45) is 3.50. The number of rotatable bonds is 5. The predicted molar refractivity (Wildman–Crippen MR) is 65.2 cm³/mol. The minimum absolute atomic E-state index is 0.121. The maximum atomic E-state index is 13.0. The molecule has 1 fully saturated rings. The van der Waals surface area contributed by atoms with Crippen molar-refractivity contribution < 1.29 is 9.18 Å². The molecule has 1 aromatic rings. The molecule has 0 heterocycles. The molecule has 1 aliphatic carbocycles. The fraction of sp³-hybridized carbons (Fsp3) is 0.500. The van der Waals surface area contributed by atoms with Gasteiger partial charge >= 0.3 is 0 Å². The van der Waals surface area contributed by atoms with Crippen LogP contribution in [0.25, 0.3) is 0 Å². The van der Waals surface area contributed by atoms with Crippen LogP contribution in [0.5, 0.6) is 0 Å². The zero-order chi connectivity index (χ0) is 12.3. The van der Waals surface area contributed by atoms with E-state index in [1.54, 1.807) is 12.1 Å². The van der Waals surface area contributed by atoms with E-state index >= 15 is 0 Å². The van der Waals surface area contributed by atoms with Crippen molar-refractivity contribution in [1.82, 2.24) is 5.32 Å². The maximum Gasteiger partial charge on any atom is 0.220 e. The highest BCUT2D eigenvalue weighted by Crippen LogP contribution is 2.40. The number of carbonyl (C=O) groups excluding carboxylic acids is 1. The van der Waals surface area contributed by atoms with Gasteiger partial charge in [0.25, 0.3) is 0 Å². The van der Waals surface area contributed by atoms with Crippen LogP contribution in [0.2, 0.25) is 0 Å². The Kier molecular flexibility index (Phi) is 3.77. The van der Waals surface area contributed by atoms with Crippen LogP contribution in [0.15, 0.2) is 24.3 Å². The van der Waals surface area contributed by atoms with Crippen molar-refractivity contribution in [3.05, 3.63) is 35.6 Å². The van der Waals surface area contributed by atoms with Gasteiger partial charge in [-0.3, -0.25) is 4.79 Å². The highest BCUT2D eigenvalue weighted by atomic mass is 19.1. The summed E-state index contributed by atoms with van der Waals surface area (Å²) in [4.78, 5) is 11.5. The fourth-order valence-electron chi connectivity index (χ4n) is 2.08. The van der Waals surface area contributed by atoms with Crippen LogP contribution >= 0.6 is 0 Å². The summed E-state index contributed by atoms with van der Waals surface area (Å²) in [7, 11) is 0. The van der Waals surface area contributed by atoms with Crippen molar-refractivity contribution in [2.24, 2.45) is 0 Å². The first-order valence-electron chi connectivity index (χ1n) is 6.25. The summed E-state index contributed by atoms with van der Waals surface area (Å²) in [6, 6.07) is 6.86. The lowest BCUT2D eigenvalue weighted by atomic mass is 10.1. The summed E-state index contributed by atoms with van der Waals surface area (Å²) >= 11 is 0. The van der Waals surface area contributed by atoms with Crippen molar-refractivity contribution in [2.45, 2.75) is 44.6 Å². The molecule has 2 atom stereocenters. The van der Waals surface area contributed by atoms with Gasteiger partial charge in [0.2, 0.25) is 5.91 Å². The van der Waals surface area contributed by atoms with Crippen LogP contribution in [0, 0.1) is 5.82 Å². The second kappa shape index (κ2) is 5.30. The van der Waals surface area contributed by atoms with Gasteiger partial charge in [0, 0.05) is 18.4 Å². The fourth-order valence-corrected chi connectivity index (χ4v) is 2.08. The summed E-state index contributed by atoms with van der Waals surface area (Å²) in [5, 5.41) is 3.00. The van der Waals surface area contributed by atoms with E-state index < -0.39 is 0 Å². The Morgan fingerprint density at radius 1 is 1.53 bits per heavy atom. The average Bonchev–Trinajstić information content (AvgIpc) is 3.05. The third kappa shape index (κ3) is 3.29. The molecule has 2 rings (SSSR count). The second-order valence-electron chi connectivity index (χ2n) is 4.67. The van der Waals surface area contributed by atoms with Crippen LogP contribution < -0.4 is 5.32 Å². The minimum atomic E-state index is -0.203.